The minimum Gasteiger partial charge on any atom is -0.478 e. The molecule has 0 saturated carbocycles. The minimum atomic E-state index is -0.962. The monoisotopic (exact) mass is 411 g/mol. The highest BCUT2D eigenvalue weighted by molar-refractivity contribution is 6.31. The van der Waals surface area contributed by atoms with Crippen LogP contribution in [0.4, 0.5) is 5.82 Å². The van der Waals surface area contributed by atoms with Gasteiger partial charge in [-0.1, -0.05) is 25.4 Å². The Kier molecular flexibility index (Phi) is 4.92. The van der Waals surface area contributed by atoms with Crippen molar-refractivity contribution in [2.24, 2.45) is 5.92 Å². The van der Waals surface area contributed by atoms with Crippen molar-refractivity contribution in [1.29, 1.82) is 0 Å². The normalized spacial score (nSPS) is 11.6. The Labute approximate surface area is 172 Å². The van der Waals surface area contributed by atoms with Crippen LogP contribution < -0.4 is 5.32 Å². The Morgan fingerprint density at radius 2 is 2.03 bits per heavy atom. The number of hydrogen-bond acceptors (Lipinski definition) is 4. The van der Waals surface area contributed by atoms with Gasteiger partial charge < -0.3 is 10.4 Å². The molecule has 2 heterocycles. The van der Waals surface area contributed by atoms with Gasteiger partial charge in [0.05, 0.1) is 29.3 Å². The molecule has 0 spiro atoms. The average Bonchev–Trinajstić information content (AvgIpc) is 3.22. The van der Waals surface area contributed by atoms with E-state index in [0.29, 0.717) is 23.3 Å². The van der Waals surface area contributed by atoms with E-state index in [0.717, 1.165) is 33.9 Å². The molecule has 0 saturated heterocycles. The number of nitrogens with zero attached hydrogens (tertiary/aromatic N) is 4. The van der Waals surface area contributed by atoms with Crippen LogP contribution in [0.15, 0.2) is 36.5 Å². The number of hydrogen-bond donors (Lipinski definition) is 2. The second-order valence-corrected chi connectivity index (χ2v) is 7.95. The molecule has 2 aromatic carbocycles. The molecule has 8 heteroatoms. The zero-order valence-electron chi connectivity index (χ0n) is 16.5. The van der Waals surface area contributed by atoms with Gasteiger partial charge in [0.2, 0.25) is 0 Å². The van der Waals surface area contributed by atoms with Crippen molar-refractivity contribution in [3.05, 3.63) is 52.7 Å². The van der Waals surface area contributed by atoms with Gasteiger partial charge in [-0.05, 0) is 36.2 Å². The number of carboxylic acids is 1. The Morgan fingerprint density at radius 3 is 2.72 bits per heavy atom. The molecule has 0 radical (unpaired) electrons. The van der Waals surface area contributed by atoms with E-state index in [4.69, 9.17) is 11.6 Å². The average molecular weight is 412 g/mol. The molecule has 0 amide bonds. The molecule has 0 aliphatic rings. The van der Waals surface area contributed by atoms with E-state index in [1.165, 1.54) is 0 Å². The van der Waals surface area contributed by atoms with Gasteiger partial charge >= 0.3 is 5.97 Å². The molecule has 0 aliphatic heterocycles. The van der Waals surface area contributed by atoms with E-state index in [1.807, 2.05) is 27.7 Å². The standard InChI is InChI=1S/C21H22ClN5O2/c1-12(2)10-27-19-14(9-24-27)6-16(22)7-15(19)11-26-18-5-4-13(21(28)29)8-17(18)20(23-3)25-26/h4-9,12H,10-11H2,1-3H3,(H,23,25)(H,28,29). The van der Waals surface area contributed by atoms with Crippen LogP contribution in [0, 0.1) is 5.92 Å². The third-order valence-corrected chi connectivity index (χ3v) is 5.09. The molecule has 2 N–H and O–H groups in total. The van der Waals surface area contributed by atoms with Gasteiger partial charge in [-0.25, -0.2) is 4.79 Å². The predicted molar refractivity (Wildman–Crippen MR) is 115 cm³/mol. The van der Waals surface area contributed by atoms with Crippen molar-refractivity contribution in [2.45, 2.75) is 26.9 Å². The van der Waals surface area contributed by atoms with Gasteiger partial charge in [0.15, 0.2) is 5.82 Å². The number of benzene rings is 2. The molecule has 0 aliphatic carbocycles. The molecule has 0 bridgehead atoms. The fraction of sp³-hybridized carbons (Fsp3) is 0.286. The second kappa shape index (κ2) is 7.40. The smallest absolute Gasteiger partial charge is 0.335 e. The first kappa shape index (κ1) is 19.3. The third-order valence-electron chi connectivity index (χ3n) is 4.87. The van der Waals surface area contributed by atoms with Gasteiger partial charge in [0, 0.05) is 35.0 Å². The van der Waals surface area contributed by atoms with Crippen LogP contribution in [0.1, 0.15) is 29.8 Å². The molecule has 4 aromatic rings. The summed E-state index contributed by atoms with van der Waals surface area (Å²) in [7, 11) is 1.77. The number of rotatable bonds is 6. The van der Waals surface area contributed by atoms with Crippen molar-refractivity contribution >= 4 is 45.2 Å². The summed E-state index contributed by atoms with van der Waals surface area (Å²) in [5, 5.41) is 24.0. The summed E-state index contributed by atoms with van der Waals surface area (Å²) in [6.45, 7) is 5.61. The van der Waals surface area contributed by atoms with Gasteiger partial charge in [-0.2, -0.15) is 10.2 Å². The Hall–Kier alpha value is -3.06. The first-order valence-electron chi connectivity index (χ1n) is 9.43. The van der Waals surface area contributed by atoms with Crippen LogP contribution in [0.25, 0.3) is 21.8 Å². The largest absolute Gasteiger partial charge is 0.478 e. The molecular formula is C21H22ClN5O2. The van der Waals surface area contributed by atoms with E-state index < -0.39 is 5.97 Å². The van der Waals surface area contributed by atoms with Gasteiger partial charge in [-0.3, -0.25) is 9.36 Å². The van der Waals surface area contributed by atoms with Crippen molar-refractivity contribution in [2.75, 3.05) is 12.4 Å². The van der Waals surface area contributed by atoms with Crippen LogP contribution in [0.3, 0.4) is 0 Å². The molecule has 29 heavy (non-hydrogen) atoms. The van der Waals surface area contributed by atoms with Crippen molar-refractivity contribution in [3.63, 3.8) is 0 Å². The topological polar surface area (TPSA) is 85.0 Å². The lowest BCUT2D eigenvalue weighted by molar-refractivity contribution is 0.0697. The first-order chi connectivity index (χ1) is 13.9. The number of halogens is 1. The highest BCUT2D eigenvalue weighted by Gasteiger charge is 2.16. The molecule has 150 valence electrons. The summed E-state index contributed by atoms with van der Waals surface area (Å²) in [4.78, 5) is 11.3. The van der Waals surface area contributed by atoms with Crippen LogP contribution >= 0.6 is 11.6 Å². The molecule has 0 atom stereocenters. The zero-order chi connectivity index (χ0) is 20.7. The second-order valence-electron chi connectivity index (χ2n) is 7.52. The lowest BCUT2D eigenvalue weighted by atomic mass is 10.1. The molecular weight excluding hydrogens is 390 g/mol. The van der Waals surface area contributed by atoms with E-state index in [2.05, 4.69) is 29.4 Å². The number of carboxylic acid groups (broad SMARTS) is 1. The van der Waals surface area contributed by atoms with Crippen LogP contribution in [-0.2, 0) is 13.1 Å². The number of carbonyl (C=O) groups is 1. The van der Waals surface area contributed by atoms with Crippen LogP contribution in [0.5, 0.6) is 0 Å². The molecule has 0 unspecified atom stereocenters. The lowest BCUT2D eigenvalue weighted by Crippen LogP contribution is -2.09. The van der Waals surface area contributed by atoms with Crippen LogP contribution in [0.2, 0.25) is 5.02 Å². The number of aromatic carboxylic acids is 1. The fourth-order valence-corrected chi connectivity index (χ4v) is 3.91. The maximum Gasteiger partial charge on any atom is 0.335 e. The quantitative estimate of drug-likeness (QED) is 0.488. The summed E-state index contributed by atoms with van der Waals surface area (Å²) in [5.41, 5.74) is 3.14. The number of nitrogens with one attached hydrogen (secondary N) is 1. The summed E-state index contributed by atoms with van der Waals surface area (Å²) < 4.78 is 3.88. The van der Waals surface area contributed by atoms with Gasteiger partial charge in [-0.15, -0.1) is 0 Å². The summed E-state index contributed by atoms with van der Waals surface area (Å²) in [5.74, 6) is 0.130. The van der Waals surface area contributed by atoms with E-state index >= 15 is 0 Å². The highest BCUT2D eigenvalue weighted by Crippen LogP contribution is 2.29. The number of fused-ring (bicyclic) bond motifs is 2. The maximum atomic E-state index is 11.3. The predicted octanol–water partition coefficient (Wildman–Crippen LogP) is 4.48. The Morgan fingerprint density at radius 1 is 1.24 bits per heavy atom. The Bertz CT molecular complexity index is 1220. The fourth-order valence-electron chi connectivity index (χ4n) is 3.67. The first-order valence-corrected chi connectivity index (χ1v) is 9.80. The summed E-state index contributed by atoms with van der Waals surface area (Å²) >= 11 is 6.37. The molecule has 7 nitrogen and oxygen atoms in total. The van der Waals surface area contributed by atoms with E-state index in [1.54, 1.807) is 25.2 Å². The van der Waals surface area contributed by atoms with Gasteiger partial charge in [0.25, 0.3) is 0 Å². The van der Waals surface area contributed by atoms with Crippen molar-refractivity contribution < 1.29 is 9.90 Å². The minimum absolute atomic E-state index is 0.230. The van der Waals surface area contributed by atoms with E-state index in [9.17, 15) is 9.90 Å². The van der Waals surface area contributed by atoms with Crippen molar-refractivity contribution in [1.82, 2.24) is 19.6 Å². The van der Waals surface area contributed by atoms with Crippen LogP contribution in [-0.4, -0.2) is 37.7 Å². The number of anilines is 1. The zero-order valence-corrected chi connectivity index (χ0v) is 17.2. The summed E-state index contributed by atoms with van der Waals surface area (Å²) in [6.07, 6.45) is 1.84. The molecule has 0 fully saturated rings. The third kappa shape index (κ3) is 3.53. The number of aromatic nitrogens is 4. The lowest BCUT2D eigenvalue weighted by Gasteiger charge is -2.12. The van der Waals surface area contributed by atoms with Gasteiger partial charge in [0.1, 0.15) is 0 Å². The highest BCUT2D eigenvalue weighted by atomic mass is 35.5. The molecule has 2 aromatic heterocycles. The SMILES string of the molecule is CNc1nn(Cc2cc(Cl)cc3cnn(CC(C)C)c23)c2ccc(C(=O)O)cc12. The Balaban J connectivity index is 1.85. The summed E-state index contributed by atoms with van der Waals surface area (Å²) in [6, 6.07) is 8.90. The molecule has 4 rings (SSSR count). The maximum absolute atomic E-state index is 11.3. The van der Waals surface area contributed by atoms with Crippen molar-refractivity contribution in [3.8, 4) is 0 Å². The van der Waals surface area contributed by atoms with E-state index in [-0.39, 0.29) is 5.56 Å².